The van der Waals surface area contributed by atoms with Gasteiger partial charge >= 0.3 is 6.03 Å². The normalized spacial score (nSPS) is 12.8. The van der Waals surface area contributed by atoms with Gasteiger partial charge in [0, 0.05) is 38.4 Å². The minimum Gasteiger partial charge on any atom is -0.378 e. The van der Waals surface area contributed by atoms with Crippen LogP contribution in [0.15, 0.2) is 24.3 Å². The van der Waals surface area contributed by atoms with Gasteiger partial charge in [-0.3, -0.25) is 0 Å². The summed E-state index contributed by atoms with van der Waals surface area (Å²) in [5, 5.41) is 13.9. The number of hydrogen-bond donors (Lipinski definition) is 2. The number of amides is 2. The highest BCUT2D eigenvalue weighted by Gasteiger charge is 2.17. The van der Waals surface area contributed by atoms with E-state index in [0.717, 1.165) is 42.4 Å². The first-order valence-corrected chi connectivity index (χ1v) is 7.36. The predicted octanol–water partition coefficient (Wildman–Crippen LogP) is 1.61. The minimum atomic E-state index is -0.243. The molecule has 1 aromatic heterocycles. The summed E-state index contributed by atoms with van der Waals surface area (Å²) in [7, 11) is 3.96. The largest absolute Gasteiger partial charge is 0.378 e. The zero-order valence-corrected chi connectivity index (χ0v) is 12.8. The van der Waals surface area contributed by atoms with Gasteiger partial charge in [0.25, 0.3) is 0 Å². The van der Waals surface area contributed by atoms with E-state index in [9.17, 15) is 4.79 Å². The zero-order chi connectivity index (χ0) is 15.5. The van der Waals surface area contributed by atoms with E-state index in [1.165, 1.54) is 0 Å². The number of carbonyl (C=O) groups excluding carboxylic acids is 1. The first kappa shape index (κ1) is 14.4. The third kappa shape index (κ3) is 3.03. The van der Waals surface area contributed by atoms with Crippen molar-refractivity contribution in [1.29, 1.82) is 0 Å². The number of carbonyl (C=O) groups is 1. The molecule has 116 valence electrons. The fraction of sp³-hybridized carbons (Fsp3) is 0.400. The van der Waals surface area contributed by atoms with Gasteiger partial charge in [-0.2, -0.15) is 0 Å². The van der Waals surface area contributed by atoms with Gasteiger partial charge in [0.1, 0.15) is 5.82 Å². The number of aryl methyl sites for hydroxylation is 1. The molecule has 0 atom stereocenters. The molecule has 2 heterocycles. The Morgan fingerprint density at radius 3 is 2.77 bits per heavy atom. The van der Waals surface area contributed by atoms with E-state index < -0.39 is 0 Å². The highest BCUT2D eigenvalue weighted by atomic mass is 16.2. The van der Waals surface area contributed by atoms with Gasteiger partial charge in [-0.05, 0) is 30.7 Å². The number of nitrogens with one attached hydrogen (secondary N) is 2. The molecule has 3 rings (SSSR count). The monoisotopic (exact) mass is 300 g/mol. The fourth-order valence-corrected chi connectivity index (χ4v) is 2.52. The van der Waals surface area contributed by atoms with Crippen molar-refractivity contribution in [2.75, 3.05) is 24.3 Å². The maximum atomic E-state index is 11.9. The third-order valence-electron chi connectivity index (χ3n) is 3.73. The Balaban J connectivity index is 1.54. The van der Waals surface area contributed by atoms with Crippen LogP contribution in [0, 0.1) is 0 Å². The van der Waals surface area contributed by atoms with Crippen LogP contribution in [0.25, 0.3) is 0 Å². The van der Waals surface area contributed by atoms with Gasteiger partial charge in [-0.1, -0.05) is 0 Å². The average Bonchev–Trinajstić information content (AvgIpc) is 3.09. The molecule has 2 aromatic rings. The van der Waals surface area contributed by atoms with Crippen LogP contribution in [-0.4, -0.2) is 34.9 Å². The second-order valence-electron chi connectivity index (χ2n) is 5.54. The average molecular weight is 300 g/mol. The summed E-state index contributed by atoms with van der Waals surface area (Å²) in [5.41, 5.74) is 1.85. The first-order chi connectivity index (χ1) is 10.6. The minimum absolute atomic E-state index is 0.243. The molecule has 0 spiro atoms. The molecule has 0 radical (unpaired) electrons. The number of urea groups is 1. The van der Waals surface area contributed by atoms with Gasteiger partial charge < -0.3 is 20.1 Å². The van der Waals surface area contributed by atoms with Crippen molar-refractivity contribution >= 4 is 17.4 Å². The lowest BCUT2D eigenvalue weighted by Gasteiger charge is -2.13. The molecule has 0 saturated carbocycles. The maximum Gasteiger partial charge on any atom is 0.319 e. The lowest BCUT2D eigenvalue weighted by atomic mass is 10.2. The number of nitrogens with zero attached hydrogens (tertiary/aromatic N) is 4. The molecule has 0 unspecified atom stereocenters. The van der Waals surface area contributed by atoms with Crippen LogP contribution >= 0.6 is 0 Å². The molecule has 0 saturated heterocycles. The van der Waals surface area contributed by atoms with Crippen molar-refractivity contribution in [3.05, 3.63) is 35.9 Å². The van der Waals surface area contributed by atoms with Gasteiger partial charge in [0.15, 0.2) is 5.82 Å². The highest BCUT2D eigenvalue weighted by Crippen LogP contribution is 2.16. The third-order valence-corrected chi connectivity index (χ3v) is 3.73. The molecule has 1 aliphatic rings. The van der Waals surface area contributed by atoms with Crippen LogP contribution in [0.3, 0.4) is 0 Å². The van der Waals surface area contributed by atoms with Crippen molar-refractivity contribution < 1.29 is 4.79 Å². The predicted molar refractivity (Wildman–Crippen MR) is 85.0 cm³/mol. The Labute approximate surface area is 129 Å². The Morgan fingerprint density at radius 1 is 1.27 bits per heavy atom. The fourth-order valence-electron chi connectivity index (χ4n) is 2.52. The number of aromatic nitrogens is 3. The van der Waals surface area contributed by atoms with Crippen molar-refractivity contribution in [3.63, 3.8) is 0 Å². The van der Waals surface area contributed by atoms with E-state index in [0.29, 0.717) is 6.54 Å². The summed E-state index contributed by atoms with van der Waals surface area (Å²) in [6.07, 6.45) is 2.07. The number of hydrogen-bond acceptors (Lipinski definition) is 4. The van der Waals surface area contributed by atoms with E-state index >= 15 is 0 Å². The van der Waals surface area contributed by atoms with Gasteiger partial charge in [-0.25, -0.2) is 4.79 Å². The van der Waals surface area contributed by atoms with Gasteiger partial charge in [-0.15, -0.1) is 10.2 Å². The number of rotatable bonds is 4. The van der Waals surface area contributed by atoms with Crippen molar-refractivity contribution in [1.82, 2.24) is 20.1 Å². The lowest BCUT2D eigenvalue weighted by Crippen LogP contribution is -2.29. The van der Waals surface area contributed by atoms with Crippen LogP contribution in [0.5, 0.6) is 0 Å². The molecule has 0 fully saturated rings. The van der Waals surface area contributed by atoms with Crippen LogP contribution in [0.4, 0.5) is 16.2 Å². The van der Waals surface area contributed by atoms with Crippen molar-refractivity contribution in [2.45, 2.75) is 25.9 Å². The molecule has 2 amide bonds. The Hall–Kier alpha value is -2.57. The SMILES string of the molecule is CN(C)c1ccc(NC(=O)NCc2nnc3n2CCC3)cc1. The number of benzene rings is 1. The van der Waals surface area contributed by atoms with E-state index in [1.807, 2.05) is 43.3 Å². The second-order valence-corrected chi connectivity index (χ2v) is 5.54. The highest BCUT2D eigenvalue weighted by molar-refractivity contribution is 5.89. The van der Waals surface area contributed by atoms with Gasteiger partial charge in [0.05, 0.1) is 6.54 Å². The van der Waals surface area contributed by atoms with Crippen LogP contribution in [0.2, 0.25) is 0 Å². The molecular weight excluding hydrogens is 280 g/mol. The smallest absolute Gasteiger partial charge is 0.319 e. The zero-order valence-electron chi connectivity index (χ0n) is 12.8. The molecule has 1 aromatic carbocycles. The van der Waals surface area contributed by atoms with E-state index in [2.05, 4.69) is 25.4 Å². The molecule has 7 heteroatoms. The molecular formula is C15H20N6O. The molecule has 7 nitrogen and oxygen atoms in total. The standard InChI is InChI=1S/C15H20N6O/c1-20(2)12-7-5-11(6-8-12)17-15(22)16-10-14-19-18-13-4-3-9-21(13)14/h5-8H,3-4,9-10H2,1-2H3,(H2,16,17,22). The Kier molecular flexibility index (Phi) is 3.95. The molecule has 1 aliphatic heterocycles. The van der Waals surface area contributed by atoms with E-state index in [4.69, 9.17) is 0 Å². The number of anilines is 2. The second kappa shape index (κ2) is 6.05. The summed E-state index contributed by atoms with van der Waals surface area (Å²) in [6, 6.07) is 7.43. The molecule has 0 bridgehead atoms. The lowest BCUT2D eigenvalue weighted by molar-refractivity contribution is 0.251. The van der Waals surface area contributed by atoms with Crippen LogP contribution < -0.4 is 15.5 Å². The summed E-state index contributed by atoms with van der Waals surface area (Å²) in [6.45, 7) is 1.32. The van der Waals surface area contributed by atoms with E-state index in [1.54, 1.807) is 0 Å². The topological polar surface area (TPSA) is 75.1 Å². The van der Waals surface area contributed by atoms with E-state index in [-0.39, 0.29) is 6.03 Å². The summed E-state index contributed by atoms with van der Waals surface area (Å²) < 4.78 is 2.08. The summed E-state index contributed by atoms with van der Waals surface area (Å²) >= 11 is 0. The Morgan fingerprint density at radius 2 is 2.05 bits per heavy atom. The van der Waals surface area contributed by atoms with Crippen LogP contribution in [-0.2, 0) is 19.5 Å². The molecule has 22 heavy (non-hydrogen) atoms. The quantitative estimate of drug-likeness (QED) is 0.899. The van der Waals surface area contributed by atoms with Crippen molar-refractivity contribution in [3.8, 4) is 0 Å². The Bertz CT molecular complexity index is 661. The van der Waals surface area contributed by atoms with Crippen LogP contribution in [0.1, 0.15) is 18.1 Å². The summed E-state index contributed by atoms with van der Waals surface area (Å²) in [5.74, 6) is 1.82. The molecule has 2 N–H and O–H groups in total. The molecule has 0 aliphatic carbocycles. The first-order valence-electron chi connectivity index (χ1n) is 7.36. The van der Waals surface area contributed by atoms with Crippen molar-refractivity contribution in [2.24, 2.45) is 0 Å². The number of fused-ring (bicyclic) bond motifs is 1. The maximum absolute atomic E-state index is 11.9. The van der Waals surface area contributed by atoms with Gasteiger partial charge in [0.2, 0.25) is 0 Å². The summed E-state index contributed by atoms with van der Waals surface area (Å²) in [4.78, 5) is 13.9.